The molecule has 6 nitrogen and oxygen atoms in total. The van der Waals surface area contributed by atoms with Gasteiger partial charge in [-0.2, -0.15) is 4.57 Å². The highest BCUT2D eigenvalue weighted by molar-refractivity contribution is 5.93. The first-order valence-corrected chi connectivity index (χ1v) is 8.10. The van der Waals surface area contributed by atoms with Crippen LogP contribution in [0.1, 0.15) is 57.6 Å². The van der Waals surface area contributed by atoms with Crippen molar-refractivity contribution in [2.45, 2.75) is 65.6 Å². The van der Waals surface area contributed by atoms with Crippen LogP contribution in [-0.2, 0) is 4.74 Å². The minimum Gasteiger partial charge on any atom is -0.394 e. The molecular formula is C17H30NO5+. The number of ketones is 1. The van der Waals surface area contributed by atoms with Gasteiger partial charge in [-0.1, -0.05) is 34.1 Å². The largest absolute Gasteiger partial charge is 0.394 e. The van der Waals surface area contributed by atoms with Crippen LogP contribution in [0.25, 0.3) is 0 Å². The molecule has 132 valence electrons. The van der Waals surface area contributed by atoms with E-state index in [1.165, 1.54) is 17.9 Å². The number of Topliss-reactive ketones (excluding diaryl/α,β-unsaturated/α-hetero) is 1. The molecule has 2 rings (SSSR count). The predicted octanol–water partition coefficient (Wildman–Crippen LogP) is 1.23. The molecule has 2 heterocycles. The molecule has 0 aliphatic carbocycles. The second kappa shape index (κ2) is 11.2. The van der Waals surface area contributed by atoms with Crippen LogP contribution in [0.2, 0.25) is 0 Å². The zero-order valence-corrected chi connectivity index (χ0v) is 14.6. The van der Waals surface area contributed by atoms with Gasteiger partial charge in [0.05, 0.1) is 12.2 Å². The number of hydrogen-bond acceptors (Lipinski definition) is 5. The molecule has 0 amide bonds. The molecule has 1 aliphatic heterocycles. The molecule has 6 heteroatoms. The lowest BCUT2D eigenvalue weighted by Gasteiger charge is -2.09. The van der Waals surface area contributed by atoms with Gasteiger partial charge in [-0.05, 0) is 13.0 Å². The van der Waals surface area contributed by atoms with Crippen LogP contribution in [0.4, 0.5) is 0 Å². The monoisotopic (exact) mass is 328 g/mol. The van der Waals surface area contributed by atoms with Gasteiger partial charge in [-0.15, -0.1) is 0 Å². The van der Waals surface area contributed by atoms with Crippen molar-refractivity contribution in [3.8, 4) is 0 Å². The normalized spacial score (nSPS) is 25.7. The van der Waals surface area contributed by atoms with Gasteiger partial charge in [0, 0.05) is 6.07 Å². The first kappa shape index (κ1) is 21.7. The topological polar surface area (TPSA) is 90.9 Å². The van der Waals surface area contributed by atoms with Crippen molar-refractivity contribution in [3.63, 3.8) is 0 Å². The molecule has 1 saturated heterocycles. The number of carbonyl (C=O) groups is 1. The maximum absolute atomic E-state index is 11.3. The Morgan fingerprint density at radius 2 is 1.83 bits per heavy atom. The number of rotatable bonds is 3. The molecule has 0 radical (unpaired) electrons. The SMILES string of the molecule is CC.CC(=O)c1ccc[n+]([C@@H]2O[C@H](CO)[C@H](O)C2O)c1.CCC. The Kier molecular flexibility index (Phi) is 10.6. The standard InChI is InChI=1S/C12H16NO5.C3H8.C2H6/c1-7(15)8-3-2-4-13(5-8)12-11(17)10(16)9(6-14)18-12;1-3-2;1-2/h2-5,9-12,14,16-17H,6H2,1H3;3H2,1-2H3;1-2H3/q+1;;/t9-,10+,11?,12-;;/m1../s1. The molecule has 3 N–H and O–H groups in total. The number of aliphatic hydroxyl groups is 3. The maximum atomic E-state index is 11.3. The van der Waals surface area contributed by atoms with Gasteiger partial charge in [0.25, 0.3) is 6.23 Å². The summed E-state index contributed by atoms with van der Waals surface area (Å²) in [4.78, 5) is 11.3. The zero-order valence-electron chi connectivity index (χ0n) is 14.6. The summed E-state index contributed by atoms with van der Waals surface area (Å²) in [5.41, 5.74) is 0.482. The van der Waals surface area contributed by atoms with Crippen LogP contribution in [-0.4, -0.2) is 46.0 Å². The lowest BCUT2D eigenvalue weighted by Crippen LogP contribution is -2.46. The molecule has 1 aromatic heterocycles. The van der Waals surface area contributed by atoms with Crippen LogP contribution >= 0.6 is 0 Å². The predicted molar refractivity (Wildman–Crippen MR) is 87.0 cm³/mol. The van der Waals surface area contributed by atoms with Crippen molar-refractivity contribution < 1.29 is 29.4 Å². The fourth-order valence-corrected chi connectivity index (χ4v) is 1.99. The van der Waals surface area contributed by atoms with E-state index in [1.54, 1.807) is 24.5 Å². The third kappa shape index (κ3) is 5.99. The van der Waals surface area contributed by atoms with Crippen LogP contribution in [0, 0.1) is 0 Å². The average molecular weight is 328 g/mol. The van der Waals surface area contributed by atoms with E-state index < -0.39 is 24.5 Å². The van der Waals surface area contributed by atoms with E-state index in [0.717, 1.165) is 0 Å². The van der Waals surface area contributed by atoms with E-state index in [-0.39, 0.29) is 12.4 Å². The second-order valence-electron chi connectivity index (χ2n) is 5.03. The van der Waals surface area contributed by atoms with Crippen molar-refractivity contribution in [2.75, 3.05) is 6.61 Å². The van der Waals surface area contributed by atoms with Crippen molar-refractivity contribution in [3.05, 3.63) is 30.1 Å². The molecule has 1 aliphatic rings. The molecule has 0 spiro atoms. The summed E-state index contributed by atoms with van der Waals surface area (Å²) < 4.78 is 6.87. The molecule has 1 unspecified atom stereocenters. The highest BCUT2D eigenvalue weighted by Gasteiger charge is 2.47. The highest BCUT2D eigenvalue weighted by atomic mass is 16.6. The minimum atomic E-state index is -1.14. The van der Waals surface area contributed by atoms with Gasteiger partial charge >= 0.3 is 0 Å². The van der Waals surface area contributed by atoms with Crippen LogP contribution in [0.15, 0.2) is 24.5 Å². The second-order valence-corrected chi connectivity index (χ2v) is 5.03. The fraction of sp³-hybridized carbons (Fsp3) is 0.647. The van der Waals surface area contributed by atoms with Gasteiger partial charge in [0.2, 0.25) is 0 Å². The fourth-order valence-electron chi connectivity index (χ4n) is 1.99. The lowest BCUT2D eigenvalue weighted by molar-refractivity contribution is -0.765. The van der Waals surface area contributed by atoms with E-state index in [2.05, 4.69) is 13.8 Å². The summed E-state index contributed by atoms with van der Waals surface area (Å²) in [6, 6.07) is 3.31. The summed E-state index contributed by atoms with van der Waals surface area (Å²) in [7, 11) is 0. The third-order valence-corrected chi connectivity index (χ3v) is 3.04. The molecule has 0 saturated carbocycles. The van der Waals surface area contributed by atoms with E-state index in [9.17, 15) is 15.0 Å². The number of hydrogen-bond donors (Lipinski definition) is 3. The first-order chi connectivity index (χ1) is 11.0. The van der Waals surface area contributed by atoms with Gasteiger partial charge in [-0.25, -0.2) is 0 Å². The summed E-state index contributed by atoms with van der Waals surface area (Å²) in [5, 5.41) is 28.5. The minimum absolute atomic E-state index is 0.101. The maximum Gasteiger partial charge on any atom is 0.292 e. The molecule has 1 aromatic rings. The number of pyridine rings is 1. The first-order valence-electron chi connectivity index (χ1n) is 8.10. The molecule has 4 atom stereocenters. The molecular weight excluding hydrogens is 298 g/mol. The molecule has 0 aromatic carbocycles. The van der Waals surface area contributed by atoms with E-state index >= 15 is 0 Å². The van der Waals surface area contributed by atoms with Crippen LogP contribution in [0.3, 0.4) is 0 Å². The van der Waals surface area contributed by atoms with Crippen molar-refractivity contribution in [1.29, 1.82) is 0 Å². The summed E-state index contributed by atoms with van der Waals surface area (Å²) in [6.07, 6.45) is 0.507. The molecule has 1 fully saturated rings. The van der Waals surface area contributed by atoms with E-state index in [1.807, 2.05) is 13.8 Å². The van der Waals surface area contributed by atoms with Crippen LogP contribution in [0.5, 0.6) is 0 Å². The molecule has 23 heavy (non-hydrogen) atoms. The number of carbonyl (C=O) groups excluding carboxylic acids is 1. The highest BCUT2D eigenvalue weighted by Crippen LogP contribution is 2.25. The molecule has 0 bridgehead atoms. The van der Waals surface area contributed by atoms with Gasteiger partial charge < -0.3 is 20.1 Å². The summed E-state index contributed by atoms with van der Waals surface area (Å²) in [5.74, 6) is -0.101. The lowest BCUT2D eigenvalue weighted by atomic mass is 10.1. The van der Waals surface area contributed by atoms with Gasteiger partial charge in [0.15, 0.2) is 24.3 Å². The van der Waals surface area contributed by atoms with E-state index in [4.69, 9.17) is 9.84 Å². The Hall–Kier alpha value is -1.34. The Morgan fingerprint density at radius 1 is 1.26 bits per heavy atom. The van der Waals surface area contributed by atoms with Crippen LogP contribution < -0.4 is 4.57 Å². The summed E-state index contributed by atoms with van der Waals surface area (Å²) in [6.45, 7) is 9.32. The number of aliphatic hydroxyl groups excluding tert-OH is 3. The Balaban J connectivity index is 0.000000868. The summed E-state index contributed by atoms with van der Waals surface area (Å²) >= 11 is 0. The van der Waals surface area contributed by atoms with Gasteiger partial charge in [0.1, 0.15) is 12.2 Å². The Morgan fingerprint density at radius 3 is 2.26 bits per heavy atom. The Bertz CT molecular complexity index is 466. The quantitative estimate of drug-likeness (QED) is 0.573. The van der Waals surface area contributed by atoms with Crippen molar-refractivity contribution in [1.82, 2.24) is 0 Å². The van der Waals surface area contributed by atoms with Gasteiger partial charge in [-0.3, -0.25) is 4.79 Å². The van der Waals surface area contributed by atoms with Crippen molar-refractivity contribution >= 4 is 5.78 Å². The zero-order chi connectivity index (χ0) is 18.0. The third-order valence-electron chi connectivity index (χ3n) is 3.04. The smallest absolute Gasteiger partial charge is 0.292 e. The average Bonchev–Trinajstić information content (AvgIpc) is 2.85. The number of aromatic nitrogens is 1. The Labute approximate surface area is 138 Å². The van der Waals surface area contributed by atoms with E-state index in [0.29, 0.717) is 5.56 Å². The van der Waals surface area contributed by atoms with Crippen molar-refractivity contribution in [2.24, 2.45) is 0 Å². The number of ether oxygens (including phenoxy) is 1. The number of nitrogens with zero attached hydrogens (tertiary/aromatic N) is 1.